The molecule has 2 aromatic heterocycles. The number of hydrogen-bond acceptors (Lipinski definition) is 8. The van der Waals surface area contributed by atoms with Crippen LogP contribution in [0.1, 0.15) is 44.9 Å². The van der Waals surface area contributed by atoms with E-state index in [4.69, 9.17) is 9.47 Å². The molecule has 1 saturated heterocycles. The van der Waals surface area contributed by atoms with E-state index < -0.39 is 17.9 Å². The van der Waals surface area contributed by atoms with Crippen molar-refractivity contribution in [1.29, 1.82) is 0 Å². The van der Waals surface area contributed by atoms with Gasteiger partial charge in [0.25, 0.3) is 5.91 Å². The fraction of sp³-hybridized carbons (Fsp3) is 0.243. The van der Waals surface area contributed by atoms with Gasteiger partial charge >= 0.3 is 5.97 Å². The van der Waals surface area contributed by atoms with Crippen LogP contribution in [-0.2, 0) is 4.79 Å². The van der Waals surface area contributed by atoms with E-state index in [2.05, 4.69) is 44.5 Å². The lowest BCUT2D eigenvalue weighted by Crippen LogP contribution is -2.54. The number of aromatic carboxylic acids is 1. The summed E-state index contributed by atoms with van der Waals surface area (Å²) < 4.78 is 10.8. The first-order valence-electron chi connectivity index (χ1n) is 15.9. The Labute approximate surface area is 288 Å². The number of carboxylic acid groups (broad SMARTS) is 1. The maximum Gasteiger partial charge on any atom is 0.338 e. The van der Waals surface area contributed by atoms with Gasteiger partial charge in [0.2, 0.25) is 5.91 Å². The van der Waals surface area contributed by atoms with Gasteiger partial charge in [-0.3, -0.25) is 14.5 Å². The summed E-state index contributed by atoms with van der Waals surface area (Å²) in [6, 6.07) is 25.7. The summed E-state index contributed by atoms with van der Waals surface area (Å²) in [6.45, 7) is 3.93. The molecular weight excluding hydrogens is 643 g/mol. The summed E-state index contributed by atoms with van der Waals surface area (Å²) in [5.41, 5.74) is 3.20. The first-order chi connectivity index (χ1) is 23.8. The van der Waals surface area contributed by atoms with Crippen LogP contribution in [0.5, 0.6) is 11.5 Å². The number of benzene rings is 3. The molecule has 0 aliphatic carbocycles. The predicted molar refractivity (Wildman–Crippen MR) is 187 cm³/mol. The molecule has 3 aromatic carbocycles. The van der Waals surface area contributed by atoms with Crippen molar-refractivity contribution in [3.63, 3.8) is 0 Å². The van der Waals surface area contributed by atoms with Crippen molar-refractivity contribution < 1.29 is 29.0 Å². The molecule has 5 aromatic rings. The van der Waals surface area contributed by atoms with Gasteiger partial charge < -0.3 is 29.8 Å². The zero-order chi connectivity index (χ0) is 34.5. The van der Waals surface area contributed by atoms with E-state index in [1.807, 2.05) is 48.5 Å². The van der Waals surface area contributed by atoms with Crippen molar-refractivity contribution in [2.75, 3.05) is 40.4 Å². The van der Waals surface area contributed by atoms with Crippen LogP contribution in [0.3, 0.4) is 0 Å². The van der Waals surface area contributed by atoms with E-state index in [0.717, 1.165) is 39.8 Å². The lowest BCUT2D eigenvalue weighted by atomic mass is 9.96. The van der Waals surface area contributed by atoms with Crippen LogP contribution in [0.4, 0.5) is 0 Å². The second-order valence-corrected chi connectivity index (χ2v) is 12.6. The van der Waals surface area contributed by atoms with E-state index in [9.17, 15) is 19.5 Å². The molecule has 1 fully saturated rings. The molecule has 49 heavy (non-hydrogen) atoms. The number of hydrogen-bond donors (Lipinski definition) is 3. The van der Waals surface area contributed by atoms with Crippen molar-refractivity contribution in [2.24, 2.45) is 0 Å². The van der Waals surface area contributed by atoms with Gasteiger partial charge in [-0.1, -0.05) is 54.2 Å². The summed E-state index contributed by atoms with van der Waals surface area (Å²) in [7, 11) is 3.29. The van der Waals surface area contributed by atoms with E-state index in [1.165, 1.54) is 12.3 Å². The Morgan fingerprint density at radius 2 is 1.47 bits per heavy atom. The van der Waals surface area contributed by atoms with Crippen molar-refractivity contribution in [3.05, 3.63) is 114 Å². The Morgan fingerprint density at radius 3 is 2.06 bits per heavy atom. The molecule has 6 rings (SSSR count). The van der Waals surface area contributed by atoms with Gasteiger partial charge in [-0.25, -0.2) is 9.78 Å². The molecule has 1 aliphatic heterocycles. The highest BCUT2D eigenvalue weighted by Gasteiger charge is 2.31. The lowest BCUT2D eigenvalue weighted by Gasteiger charge is -2.40. The predicted octanol–water partition coefficient (Wildman–Crippen LogP) is 5.48. The summed E-state index contributed by atoms with van der Waals surface area (Å²) >= 11 is 1.10. The Balaban J connectivity index is 1.16. The number of nitrogens with one attached hydrogen (secondary N) is 2. The lowest BCUT2D eigenvalue weighted by molar-refractivity contribution is -0.134. The maximum absolute atomic E-state index is 13.7. The normalized spacial score (nSPS) is 14.1. The number of carboxylic acids is 1. The molecule has 3 N–H and O–H groups in total. The first kappa shape index (κ1) is 33.6. The second-order valence-electron chi connectivity index (χ2n) is 11.6. The molecule has 0 unspecified atom stereocenters. The Hall–Kier alpha value is -5.33. The monoisotopic (exact) mass is 679 g/mol. The highest BCUT2D eigenvalue weighted by Crippen LogP contribution is 2.37. The largest absolute Gasteiger partial charge is 0.497 e. The summed E-state index contributed by atoms with van der Waals surface area (Å²) in [5.74, 6) is -0.195. The van der Waals surface area contributed by atoms with Crippen LogP contribution in [0.2, 0.25) is 0 Å². The SMILES string of the molecule is COc1ccc(C(c2ccc(OC)cc2)N2CCN(C(=O)[C@@H](C)NC(=O)c3[nH]c4ccccc4c3Sc3ncccc3C(=O)O)CC2)cc1. The van der Waals surface area contributed by atoms with Gasteiger partial charge in [0.15, 0.2) is 0 Å². The molecular formula is C37H37N5O6S. The number of fused-ring (bicyclic) bond motifs is 1. The number of piperazine rings is 1. The number of rotatable bonds is 11. The highest BCUT2D eigenvalue weighted by molar-refractivity contribution is 7.99. The van der Waals surface area contributed by atoms with Crippen LogP contribution in [-0.4, -0.2) is 89.1 Å². The molecule has 11 nitrogen and oxygen atoms in total. The Bertz CT molecular complexity index is 1910. The van der Waals surface area contributed by atoms with Crippen LogP contribution in [0.15, 0.2) is 101 Å². The van der Waals surface area contributed by atoms with Gasteiger partial charge in [0.1, 0.15) is 28.3 Å². The number of carbonyl (C=O) groups excluding carboxylic acids is 2. The second kappa shape index (κ2) is 14.8. The number of nitrogens with zero attached hydrogens (tertiary/aromatic N) is 3. The number of para-hydroxylation sites is 1. The molecule has 12 heteroatoms. The van der Waals surface area contributed by atoms with Crippen LogP contribution in [0.25, 0.3) is 10.9 Å². The van der Waals surface area contributed by atoms with Crippen molar-refractivity contribution in [3.8, 4) is 11.5 Å². The zero-order valence-electron chi connectivity index (χ0n) is 27.4. The van der Waals surface area contributed by atoms with Gasteiger partial charge in [-0.05, 0) is 60.5 Å². The number of ether oxygens (including phenoxy) is 2. The fourth-order valence-electron chi connectivity index (χ4n) is 6.11. The minimum absolute atomic E-state index is 0.0352. The quantitative estimate of drug-likeness (QED) is 0.166. The third-order valence-electron chi connectivity index (χ3n) is 8.66. The molecule has 0 bridgehead atoms. The molecule has 2 amide bonds. The average Bonchev–Trinajstić information content (AvgIpc) is 3.50. The average molecular weight is 680 g/mol. The third-order valence-corrected chi connectivity index (χ3v) is 9.80. The topological polar surface area (TPSA) is 137 Å². The number of carbonyl (C=O) groups is 3. The third kappa shape index (κ3) is 7.25. The van der Waals surface area contributed by atoms with Crippen LogP contribution < -0.4 is 14.8 Å². The number of methoxy groups -OCH3 is 2. The van der Waals surface area contributed by atoms with Gasteiger partial charge in [0, 0.05) is 43.3 Å². The first-order valence-corrected chi connectivity index (χ1v) is 16.7. The maximum atomic E-state index is 13.7. The smallest absolute Gasteiger partial charge is 0.338 e. The zero-order valence-corrected chi connectivity index (χ0v) is 28.2. The van der Waals surface area contributed by atoms with E-state index in [1.54, 1.807) is 32.1 Å². The van der Waals surface area contributed by atoms with E-state index >= 15 is 0 Å². The number of aromatic amines is 1. The number of aromatic nitrogens is 2. The van der Waals surface area contributed by atoms with Gasteiger partial charge in [-0.2, -0.15) is 0 Å². The molecule has 252 valence electrons. The van der Waals surface area contributed by atoms with Crippen LogP contribution in [0, 0.1) is 0 Å². The van der Waals surface area contributed by atoms with Crippen molar-refractivity contribution in [2.45, 2.75) is 28.9 Å². The van der Waals surface area contributed by atoms with Gasteiger partial charge in [-0.15, -0.1) is 0 Å². The molecule has 0 saturated carbocycles. The molecule has 0 spiro atoms. The number of H-pyrrole nitrogens is 1. The molecule has 0 radical (unpaired) electrons. The summed E-state index contributed by atoms with van der Waals surface area (Å²) in [5, 5.41) is 13.6. The van der Waals surface area contributed by atoms with Crippen molar-refractivity contribution >= 4 is 40.4 Å². The summed E-state index contributed by atoms with van der Waals surface area (Å²) in [4.78, 5) is 51.3. The molecule has 1 atom stereocenters. The minimum atomic E-state index is -1.11. The van der Waals surface area contributed by atoms with Crippen LogP contribution >= 0.6 is 11.8 Å². The van der Waals surface area contributed by atoms with Gasteiger partial charge in [0.05, 0.1) is 30.7 Å². The fourth-order valence-corrected chi connectivity index (χ4v) is 7.21. The standard InChI is InChI=1S/C37H37N5O6S/c1-23(39-34(43)31-33(28-7-4-5-9-30(28)40-31)49-35-29(37(45)46)8-6-18-38-35)36(44)42-21-19-41(20-22-42)32(24-10-14-26(47-2)15-11-24)25-12-16-27(48-3)17-13-25/h4-18,23,32,40H,19-22H2,1-3H3,(H,39,43)(H,45,46)/t23-/m1/s1. The Kier molecular flexibility index (Phi) is 10.2. The molecule has 1 aliphatic rings. The Morgan fingerprint density at radius 1 is 0.857 bits per heavy atom. The number of amides is 2. The summed E-state index contributed by atoms with van der Waals surface area (Å²) in [6.07, 6.45) is 1.51. The van der Waals surface area contributed by atoms with Crippen molar-refractivity contribution in [1.82, 2.24) is 25.1 Å². The highest BCUT2D eigenvalue weighted by atomic mass is 32.2. The van der Waals surface area contributed by atoms with E-state index in [-0.39, 0.29) is 28.2 Å². The molecule has 3 heterocycles. The number of pyridine rings is 1. The minimum Gasteiger partial charge on any atom is -0.497 e. The van der Waals surface area contributed by atoms with E-state index in [0.29, 0.717) is 36.6 Å².